The summed E-state index contributed by atoms with van der Waals surface area (Å²) in [7, 11) is 0. The molecule has 1 aromatic heterocycles. The minimum absolute atomic E-state index is 0.372. The highest BCUT2D eigenvalue weighted by molar-refractivity contribution is 6.43. The molecule has 0 saturated carbocycles. The van der Waals surface area contributed by atoms with E-state index in [0.717, 1.165) is 31.7 Å². The van der Waals surface area contributed by atoms with Gasteiger partial charge in [-0.1, -0.05) is 49.2 Å². The van der Waals surface area contributed by atoms with Crippen molar-refractivity contribution in [1.29, 1.82) is 0 Å². The molecule has 2 N–H and O–H groups in total. The van der Waals surface area contributed by atoms with Gasteiger partial charge in [0.1, 0.15) is 11.5 Å². The van der Waals surface area contributed by atoms with E-state index in [4.69, 9.17) is 28.9 Å². The fraction of sp³-hybridized carbons (Fsp3) is 0.412. The van der Waals surface area contributed by atoms with Crippen LogP contribution in [0.2, 0.25) is 10.0 Å². The number of piperidine rings is 1. The Kier molecular flexibility index (Phi) is 4.39. The maximum Gasteiger partial charge on any atom is 0.152 e. The summed E-state index contributed by atoms with van der Waals surface area (Å²) >= 11 is 12.3. The lowest BCUT2D eigenvalue weighted by Crippen LogP contribution is -2.37. The van der Waals surface area contributed by atoms with Crippen LogP contribution in [-0.2, 0) is 0 Å². The molecule has 0 aliphatic carbocycles. The van der Waals surface area contributed by atoms with Crippen LogP contribution in [0.1, 0.15) is 26.7 Å². The number of hydrogen-bond acceptors (Lipinski definition) is 4. The number of rotatable bonds is 2. The molecule has 1 aromatic carbocycles. The van der Waals surface area contributed by atoms with Crippen molar-refractivity contribution < 1.29 is 0 Å². The van der Waals surface area contributed by atoms with Gasteiger partial charge in [0.15, 0.2) is 5.82 Å². The van der Waals surface area contributed by atoms with E-state index in [2.05, 4.69) is 28.7 Å². The Bertz CT molecular complexity index is 721. The van der Waals surface area contributed by atoms with E-state index in [0.29, 0.717) is 32.5 Å². The molecular formula is C17H20Cl2N4. The van der Waals surface area contributed by atoms with Crippen molar-refractivity contribution in [1.82, 2.24) is 9.97 Å². The van der Waals surface area contributed by atoms with Gasteiger partial charge in [-0.25, -0.2) is 9.97 Å². The van der Waals surface area contributed by atoms with E-state index in [9.17, 15) is 0 Å². The minimum atomic E-state index is 0.372. The quantitative estimate of drug-likeness (QED) is 0.855. The van der Waals surface area contributed by atoms with E-state index in [1.165, 1.54) is 0 Å². The number of nitrogens with two attached hydrogens (primary N) is 1. The fourth-order valence-corrected chi connectivity index (χ4v) is 3.17. The first-order valence-corrected chi connectivity index (χ1v) is 8.45. The van der Waals surface area contributed by atoms with E-state index in [1.54, 1.807) is 12.3 Å². The third-order valence-electron chi connectivity index (χ3n) is 4.43. The number of halogens is 2. The molecule has 0 unspecified atom stereocenters. The second-order valence-electron chi connectivity index (χ2n) is 6.71. The van der Waals surface area contributed by atoms with Crippen LogP contribution in [-0.4, -0.2) is 23.1 Å². The van der Waals surface area contributed by atoms with Gasteiger partial charge < -0.3 is 10.6 Å². The minimum Gasteiger partial charge on any atom is -0.382 e. The lowest BCUT2D eigenvalue weighted by atomic mass is 9.83. The average molecular weight is 351 g/mol. The lowest BCUT2D eigenvalue weighted by molar-refractivity contribution is 0.279. The largest absolute Gasteiger partial charge is 0.382 e. The highest BCUT2D eigenvalue weighted by atomic mass is 35.5. The predicted octanol–water partition coefficient (Wildman–Crippen LogP) is 4.66. The van der Waals surface area contributed by atoms with Gasteiger partial charge >= 0.3 is 0 Å². The third kappa shape index (κ3) is 3.38. The molecule has 122 valence electrons. The van der Waals surface area contributed by atoms with Gasteiger partial charge in [0.25, 0.3) is 0 Å². The van der Waals surface area contributed by atoms with Crippen molar-refractivity contribution in [2.45, 2.75) is 26.7 Å². The van der Waals surface area contributed by atoms with Crippen LogP contribution in [0.25, 0.3) is 11.3 Å². The van der Waals surface area contributed by atoms with E-state index < -0.39 is 0 Å². The van der Waals surface area contributed by atoms with Crippen LogP contribution in [0.15, 0.2) is 24.4 Å². The van der Waals surface area contributed by atoms with Gasteiger partial charge in [0.2, 0.25) is 0 Å². The third-order valence-corrected chi connectivity index (χ3v) is 5.25. The number of aromatic nitrogens is 2. The first kappa shape index (κ1) is 16.3. The molecule has 1 aliphatic rings. The van der Waals surface area contributed by atoms with E-state index >= 15 is 0 Å². The number of benzene rings is 1. The Balaban J connectivity index is 1.88. The molecule has 0 amide bonds. The average Bonchev–Trinajstić information content (AvgIpc) is 2.50. The Hall–Kier alpha value is -1.52. The molecule has 6 heteroatoms. The van der Waals surface area contributed by atoms with Crippen molar-refractivity contribution in [3.05, 3.63) is 34.4 Å². The normalized spacial score (nSPS) is 17.3. The molecule has 1 fully saturated rings. The maximum absolute atomic E-state index is 6.25. The number of nitrogens with zero attached hydrogens (tertiary/aromatic N) is 3. The molecule has 23 heavy (non-hydrogen) atoms. The monoisotopic (exact) mass is 350 g/mol. The molecule has 2 aromatic rings. The molecule has 0 radical (unpaired) electrons. The highest BCUT2D eigenvalue weighted by Crippen LogP contribution is 2.36. The summed E-state index contributed by atoms with van der Waals surface area (Å²) in [5, 5.41) is 0.926. The fourth-order valence-electron chi connectivity index (χ4n) is 2.78. The number of nitrogen functional groups attached to an aromatic ring is 1. The highest BCUT2D eigenvalue weighted by Gasteiger charge is 2.26. The van der Waals surface area contributed by atoms with Crippen LogP contribution in [0.3, 0.4) is 0 Å². The van der Waals surface area contributed by atoms with Crippen molar-refractivity contribution in [3.8, 4) is 11.3 Å². The molecule has 2 heterocycles. The Morgan fingerprint density at radius 2 is 1.87 bits per heavy atom. The van der Waals surface area contributed by atoms with Crippen molar-refractivity contribution in [2.75, 3.05) is 23.7 Å². The zero-order chi connectivity index (χ0) is 16.6. The van der Waals surface area contributed by atoms with Crippen molar-refractivity contribution in [3.63, 3.8) is 0 Å². The standard InChI is InChI=1S/C17H20Cl2N4/c1-17(2)6-8-23(9-7-17)13-10-21-15(16(20)22-13)11-4-3-5-12(18)14(11)19/h3-5,10H,6-9H2,1-2H3,(H2,20,22). The summed E-state index contributed by atoms with van der Waals surface area (Å²) < 4.78 is 0. The van der Waals surface area contributed by atoms with Crippen LogP contribution in [0, 0.1) is 5.41 Å². The predicted molar refractivity (Wildman–Crippen MR) is 97.1 cm³/mol. The van der Waals surface area contributed by atoms with Gasteiger partial charge in [-0.3, -0.25) is 0 Å². The van der Waals surface area contributed by atoms with Gasteiger partial charge in [0, 0.05) is 18.7 Å². The van der Waals surface area contributed by atoms with Gasteiger partial charge in [-0.05, 0) is 24.3 Å². The van der Waals surface area contributed by atoms with E-state index in [1.807, 2.05) is 12.1 Å². The SMILES string of the molecule is CC1(C)CCN(c2cnc(-c3cccc(Cl)c3Cl)c(N)n2)CC1. The Morgan fingerprint density at radius 3 is 2.52 bits per heavy atom. The number of anilines is 2. The lowest BCUT2D eigenvalue weighted by Gasteiger charge is -2.37. The first-order valence-electron chi connectivity index (χ1n) is 7.69. The Morgan fingerprint density at radius 1 is 1.17 bits per heavy atom. The summed E-state index contributed by atoms with van der Waals surface area (Å²) in [6.45, 7) is 6.54. The Labute approximate surface area is 146 Å². The smallest absolute Gasteiger partial charge is 0.152 e. The van der Waals surface area contributed by atoms with Gasteiger partial charge in [-0.15, -0.1) is 0 Å². The maximum atomic E-state index is 6.25. The van der Waals surface area contributed by atoms with Crippen LogP contribution < -0.4 is 10.6 Å². The topological polar surface area (TPSA) is 55.0 Å². The van der Waals surface area contributed by atoms with Gasteiger partial charge in [-0.2, -0.15) is 0 Å². The molecule has 0 spiro atoms. The van der Waals surface area contributed by atoms with Gasteiger partial charge in [0.05, 0.1) is 16.2 Å². The van der Waals surface area contributed by atoms with Crippen LogP contribution in [0.4, 0.5) is 11.6 Å². The summed E-state index contributed by atoms with van der Waals surface area (Å²) in [6.07, 6.45) is 4.04. The molecular weight excluding hydrogens is 331 g/mol. The molecule has 1 saturated heterocycles. The van der Waals surface area contributed by atoms with Crippen LogP contribution in [0.5, 0.6) is 0 Å². The van der Waals surface area contributed by atoms with E-state index in [-0.39, 0.29) is 0 Å². The van der Waals surface area contributed by atoms with Crippen molar-refractivity contribution >= 4 is 34.8 Å². The summed E-state index contributed by atoms with van der Waals surface area (Å²) in [6, 6.07) is 5.41. The number of hydrogen-bond donors (Lipinski definition) is 1. The summed E-state index contributed by atoms with van der Waals surface area (Å²) in [5.41, 5.74) is 7.80. The van der Waals surface area contributed by atoms with Crippen LogP contribution >= 0.6 is 23.2 Å². The second kappa shape index (κ2) is 6.17. The second-order valence-corrected chi connectivity index (χ2v) is 7.50. The summed E-state index contributed by atoms with van der Waals surface area (Å²) in [5.74, 6) is 1.19. The zero-order valence-electron chi connectivity index (χ0n) is 13.3. The zero-order valence-corrected chi connectivity index (χ0v) is 14.8. The molecule has 4 nitrogen and oxygen atoms in total. The molecule has 3 rings (SSSR count). The molecule has 0 bridgehead atoms. The molecule has 0 atom stereocenters. The summed E-state index contributed by atoms with van der Waals surface area (Å²) in [4.78, 5) is 11.3. The molecule has 1 aliphatic heterocycles. The first-order chi connectivity index (χ1) is 10.9. The van der Waals surface area contributed by atoms with Crippen molar-refractivity contribution in [2.24, 2.45) is 5.41 Å².